The maximum atomic E-state index is 12.6. The summed E-state index contributed by atoms with van der Waals surface area (Å²) in [5, 5.41) is 24.3. The van der Waals surface area contributed by atoms with E-state index < -0.39 is 10.8 Å². The third-order valence-corrected chi connectivity index (χ3v) is 5.41. The minimum absolute atomic E-state index is 0.156. The van der Waals surface area contributed by atoms with Gasteiger partial charge < -0.3 is 5.32 Å². The first-order chi connectivity index (χ1) is 12.1. The Balaban J connectivity index is 1.69. The summed E-state index contributed by atoms with van der Waals surface area (Å²) in [5.74, 6) is -0.156. The SMILES string of the molecule is C[C@H](Sc1nnnn1-c1ccccc1)C(=O)NC1(C#N)CCCCC1. The minimum Gasteiger partial charge on any atom is -0.337 e. The molecule has 0 radical (unpaired) electrons. The lowest BCUT2D eigenvalue weighted by molar-refractivity contribution is -0.121. The molecule has 1 aliphatic carbocycles. The van der Waals surface area contributed by atoms with Crippen LogP contribution in [-0.4, -0.2) is 36.9 Å². The van der Waals surface area contributed by atoms with E-state index in [4.69, 9.17) is 0 Å². The summed E-state index contributed by atoms with van der Waals surface area (Å²) < 4.78 is 1.61. The van der Waals surface area contributed by atoms with Gasteiger partial charge in [0.25, 0.3) is 0 Å². The van der Waals surface area contributed by atoms with E-state index in [1.54, 1.807) is 11.6 Å². The highest BCUT2D eigenvalue weighted by atomic mass is 32.2. The second kappa shape index (κ2) is 7.66. The van der Waals surface area contributed by atoms with Crippen molar-refractivity contribution in [1.82, 2.24) is 25.5 Å². The first-order valence-electron chi connectivity index (χ1n) is 8.37. The van der Waals surface area contributed by atoms with Crippen molar-refractivity contribution in [3.8, 4) is 11.8 Å². The number of thioether (sulfide) groups is 1. The molecule has 2 aromatic rings. The van der Waals surface area contributed by atoms with E-state index in [0.29, 0.717) is 18.0 Å². The fourth-order valence-corrected chi connectivity index (χ4v) is 3.76. The van der Waals surface area contributed by atoms with Gasteiger partial charge in [0.15, 0.2) is 0 Å². The van der Waals surface area contributed by atoms with Crippen LogP contribution in [0.2, 0.25) is 0 Å². The topological polar surface area (TPSA) is 96.5 Å². The molecule has 1 amide bonds. The third kappa shape index (κ3) is 3.99. The van der Waals surface area contributed by atoms with Crippen LogP contribution in [0.5, 0.6) is 0 Å². The highest BCUT2D eigenvalue weighted by molar-refractivity contribution is 8.00. The van der Waals surface area contributed by atoms with Crippen LogP contribution in [0.4, 0.5) is 0 Å². The van der Waals surface area contributed by atoms with Gasteiger partial charge in [-0.2, -0.15) is 9.94 Å². The molecular formula is C17H20N6OS. The van der Waals surface area contributed by atoms with Gasteiger partial charge in [0.1, 0.15) is 5.54 Å². The van der Waals surface area contributed by atoms with Gasteiger partial charge in [0.2, 0.25) is 11.1 Å². The van der Waals surface area contributed by atoms with Crippen molar-refractivity contribution in [2.24, 2.45) is 0 Å². The number of nitrogens with zero attached hydrogens (tertiary/aromatic N) is 5. The Morgan fingerprint density at radius 1 is 1.32 bits per heavy atom. The molecule has 1 fully saturated rings. The predicted molar refractivity (Wildman–Crippen MR) is 94.0 cm³/mol. The molecule has 1 aromatic carbocycles. The number of aromatic nitrogens is 4. The number of tetrazole rings is 1. The molecule has 0 unspecified atom stereocenters. The number of hydrogen-bond donors (Lipinski definition) is 1. The van der Waals surface area contributed by atoms with Crippen LogP contribution in [-0.2, 0) is 4.79 Å². The molecule has 1 aromatic heterocycles. The summed E-state index contributed by atoms with van der Waals surface area (Å²) in [6, 6.07) is 11.8. The van der Waals surface area contributed by atoms with Crippen molar-refractivity contribution in [2.45, 2.75) is 55.0 Å². The number of carbonyl (C=O) groups excluding carboxylic acids is 1. The number of amides is 1. The van der Waals surface area contributed by atoms with Crippen LogP contribution in [0.1, 0.15) is 39.0 Å². The smallest absolute Gasteiger partial charge is 0.234 e. The molecule has 25 heavy (non-hydrogen) atoms. The summed E-state index contributed by atoms with van der Waals surface area (Å²) in [5.41, 5.74) is 0.110. The van der Waals surface area contributed by atoms with Crippen molar-refractivity contribution < 1.29 is 4.79 Å². The summed E-state index contributed by atoms with van der Waals surface area (Å²) >= 11 is 1.28. The molecule has 1 saturated carbocycles. The maximum Gasteiger partial charge on any atom is 0.234 e. The number of carbonyl (C=O) groups is 1. The van der Waals surface area contributed by atoms with E-state index in [0.717, 1.165) is 24.9 Å². The van der Waals surface area contributed by atoms with Crippen LogP contribution in [0.15, 0.2) is 35.5 Å². The van der Waals surface area contributed by atoms with Crippen molar-refractivity contribution in [3.63, 3.8) is 0 Å². The van der Waals surface area contributed by atoms with Gasteiger partial charge in [-0.15, -0.1) is 5.10 Å². The fraction of sp³-hybridized carbons (Fsp3) is 0.471. The zero-order valence-corrected chi connectivity index (χ0v) is 14.9. The van der Waals surface area contributed by atoms with E-state index in [1.807, 2.05) is 30.3 Å². The molecular weight excluding hydrogens is 336 g/mol. The third-order valence-electron chi connectivity index (χ3n) is 4.38. The molecule has 1 N–H and O–H groups in total. The normalized spacial score (nSPS) is 17.4. The first kappa shape index (κ1) is 17.4. The lowest BCUT2D eigenvalue weighted by Gasteiger charge is -2.32. The van der Waals surface area contributed by atoms with Crippen molar-refractivity contribution >= 4 is 17.7 Å². The van der Waals surface area contributed by atoms with E-state index in [1.165, 1.54) is 11.8 Å². The molecule has 0 aliphatic heterocycles. The first-order valence-corrected chi connectivity index (χ1v) is 9.25. The lowest BCUT2D eigenvalue weighted by Crippen LogP contribution is -2.50. The van der Waals surface area contributed by atoms with Gasteiger partial charge in [-0.05, 0) is 42.3 Å². The van der Waals surface area contributed by atoms with Gasteiger partial charge in [-0.3, -0.25) is 4.79 Å². The van der Waals surface area contributed by atoms with E-state index in [2.05, 4.69) is 26.9 Å². The van der Waals surface area contributed by atoms with Gasteiger partial charge in [0, 0.05) is 0 Å². The minimum atomic E-state index is -0.727. The molecule has 1 aliphatic rings. The Labute approximate surface area is 150 Å². The molecule has 7 nitrogen and oxygen atoms in total. The average Bonchev–Trinajstić information content (AvgIpc) is 3.11. The van der Waals surface area contributed by atoms with E-state index >= 15 is 0 Å². The Morgan fingerprint density at radius 3 is 2.72 bits per heavy atom. The maximum absolute atomic E-state index is 12.6. The fourth-order valence-electron chi connectivity index (χ4n) is 2.95. The second-order valence-electron chi connectivity index (χ2n) is 6.21. The summed E-state index contributed by atoms with van der Waals surface area (Å²) in [7, 11) is 0. The molecule has 130 valence electrons. The second-order valence-corrected chi connectivity index (χ2v) is 7.52. The Hall–Kier alpha value is -2.40. The van der Waals surface area contributed by atoms with Crippen LogP contribution in [0.25, 0.3) is 5.69 Å². The quantitative estimate of drug-likeness (QED) is 0.827. The zero-order chi connectivity index (χ0) is 17.7. The highest BCUT2D eigenvalue weighted by Gasteiger charge is 2.35. The van der Waals surface area contributed by atoms with Crippen LogP contribution in [0, 0.1) is 11.3 Å². The van der Waals surface area contributed by atoms with E-state index in [9.17, 15) is 10.1 Å². The number of benzene rings is 1. The standard InChI is InChI=1S/C17H20N6OS/c1-13(15(24)19-17(12-18)10-6-3-7-11-17)25-16-20-21-22-23(16)14-8-4-2-5-9-14/h2,4-5,8-9,13H,3,6-7,10-11H2,1H3,(H,19,24)/t13-/m0/s1. The lowest BCUT2D eigenvalue weighted by atomic mass is 9.83. The van der Waals surface area contributed by atoms with Crippen LogP contribution >= 0.6 is 11.8 Å². The summed E-state index contributed by atoms with van der Waals surface area (Å²) in [4.78, 5) is 12.6. The van der Waals surface area contributed by atoms with Gasteiger partial charge in [-0.1, -0.05) is 49.2 Å². The summed E-state index contributed by atoms with van der Waals surface area (Å²) in [6.07, 6.45) is 4.50. The molecule has 0 saturated heterocycles. The molecule has 0 bridgehead atoms. The van der Waals surface area contributed by atoms with Gasteiger partial charge in [0.05, 0.1) is 17.0 Å². The largest absolute Gasteiger partial charge is 0.337 e. The molecule has 8 heteroatoms. The van der Waals surface area contributed by atoms with Crippen molar-refractivity contribution in [3.05, 3.63) is 30.3 Å². The predicted octanol–water partition coefficient (Wildman–Crippen LogP) is 2.49. The van der Waals surface area contributed by atoms with Crippen molar-refractivity contribution in [2.75, 3.05) is 0 Å². The number of nitriles is 1. The molecule has 1 heterocycles. The number of nitrogens with one attached hydrogen (secondary N) is 1. The van der Waals surface area contributed by atoms with E-state index in [-0.39, 0.29) is 5.91 Å². The Morgan fingerprint density at radius 2 is 2.04 bits per heavy atom. The van der Waals surface area contributed by atoms with Gasteiger partial charge >= 0.3 is 0 Å². The average molecular weight is 356 g/mol. The molecule has 1 atom stereocenters. The van der Waals surface area contributed by atoms with Crippen molar-refractivity contribution in [1.29, 1.82) is 5.26 Å². The van der Waals surface area contributed by atoms with Crippen LogP contribution in [0.3, 0.4) is 0 Å². The summed E-state index contributed by atoms with van der Waals surface area (Å²) in [6.45, 7) is 1.80. The molecule has 3 rings (SSSR count). The number of para-hydroxylation sites is 1. The Kier molecular flexibility index (Phi) is 5.34. The zero-order valence-electron chi connectivity index (χ0n) is 14.1. The number of rotatable bonds is 5. The Bertz CT molecular complexity index is 763. The van der Waals surface area contributed by atoms with Crippen LogP contribution < -0.4 is 5.32 Å². The van der Waals surface area contributed by atoms with Gasteiger partial charge in [-0.25, -0.2) is 0 Å². The molecule has 0 spiro atoms. The monoisotopic (exact) mass is 356 g/mol. The highest BCUT2D eigenvalue weighted by Crippen LogP contribution is 2.29. The number of hydrogen-bond acceptors (Lipinski definition) is 6.